The predicted octanol–water partition coefficient (Wildman–Crippen LogP) is 6.78. The first-order chi connectivity index (χ1) is 15.7. The summed E-state index contributed by atoms with van der Waals surface area (Å²) in [7, 11) is 1.74. The minimum Gasteiger partial charge on any atom is -0.513 e. The van der Waals surface area contributed by atoms with E-state index in [1.165, 1.54) is 27.7 Å². The van der Waals surface area contributed by atoms with Crippen molar-refractivity contribution >= 4 is 16.6 Å². The zero-order valence-electron chi connectivity index (χ0n) is 21.0. The van der Waals surface area contributed by atoms with E-state index in [-0.39, 0.29) is 23.1 Å². The minimum atomic E-state index is -0.148. The molecule has 4 heteroatoms. The number of fused-ring (bicyclic) bond motifs is 2. The maximum Gasteiger partial charge on any atom is 0.0871 e. The van der Waals surface area contributed by atoms with Crippen molar-refractivity contribution in [3.63, 3.8) is 0 Å². The lowest BCUT2D eigenvalue weighted by atomic mass is 9.64. The summed E-state index contributed by atoms with van der Waals surface area (Å²) in [4.78, 5) is 5.24. The van der Waals surface area contributed by atoms with E-state index < -0.39 is 0 Å². The Hall–Kier alpha value is -2.59. The second kappa shape index (κ2) is 8.98. The summed E-state index contributed by atoms with van der Waals surface area (Å²) in [5.41, 5.74) is 8.43. The Kier molecular flexibility index (Phi) is 6.41. The van der Waals surface area contributed by atoms with Crippen LogP contribution in [0, 0.1) is 5.92 Å². The van der Waals surface area contributed by atoms with E-state index in [4.69, 9.17) is 9.72 Å². The van der Waals surface area contributed by atoms with Crippen molar-refractivity contribution in [2.24, 2.45) is 5.92 Å². The van der Waals surface area contributed by atoms with Gasteiger partial charge in [0.1, 0.15) is 0 Å². The molecule has 2 aromatic rings. The van der Waals surface area contributed by atoms with Gasteiger partial charge in [-0.1, -0.05) is 65.0 Å². The number of aliphatic hydroxyl groups is 1. The highest BCUT2D eigenvalue weighted by molar-refractivity contribution is 5.94. The third kappa shape index (κ3) is 3.99. The molecule has 176 valence electrons. The Bertz CT molecular complexity index is 1140. The van der Waals surface area contributed by atoms with Gasteiger partial charge in [0.25, 0.3) is 0 Å². The fourth-order valence-electron chi connectivity index (χ4n) is 5.75. The molecule has 0 spiro atoms. The number of nitrogens with one attached hydrogen (secondary N) is 1. The van der Waals surface area contributed by atoms with Gasteiger partial charge < -0.3 is 15.2 Å². The Morgan fingerprint density at radius 2 is 2.06 bits per heavy atom. The summed E-state index contributed by atoms with van der Waals surface area (Å²) in [6.45, 7) is 15.9. The zero-order chi connectivity index (χ0) is 23.9. The number of para-hydroxylation sites is 1. The average molecular weight is 447 g/mol. The average Bonchev–Trinajstić information content (AvgIpc) is 2.78. The number of aromatic nitrogens is 1. The molecule has 1 aliphatic heterocycles. The number of rotatable bonds is 7. The maximum absolute atomic E-state index is 10.1. The normalized spacial score (nSPS) is 23.4. The van der Waals surface area contributed by atoms with Crippen LogP contribution in [-0.4, -0.2) is 29.8 Å². The Morgan fingerprint density at radius 3 is 2.73 bits per heavy atom. The third-order valence-corrected chi connectivity index (χ3v) is 7.60. The largest absolute Gasteiger partial charge is 0.513 e. The van der Waals surface area contributed by atoms with Crippen molar-refractivity contribution in [3.8, 4) is 0 Å². The molecule has 1 aliphatic carbocycles. The molecule has 1 aromatic heterocycles. The second-order valence-corrected chi connectivity index (χ2v) is 10.3. The van der Waals surface area contributed by atoms with E-state index in [0.717, 1.165) is 29.7 Å². The fraction of sp³-hybridized carbons (Fsp3) is 0.483. The molecule has 0 amide bonds. The summed E-state index contributed by atoms with van der Waals surface area (Å²) in [6.07, 6.45) is 4.89. The van der Waals surface area contributed by atoms with Crippen LogP contribution in [0.2, 0.25) is 0 Å². The monoisotopic (exact) mass is 446 g/mol. The van der Waals surface area contributed by atoms with Gasteiger partial charge in [-0.05, 0) is 42.0 Å². The van der Waals surface area contributed by atoms with Crippen LogP contribution in [0.1, 0.15) is 76.6 Å². The SMILES string of the molecule is C=C(O)CC1NC2=C(C)/C(=C\C(C)CC)C(C)(C)c3c2c(nc2ccccc32)C1CCOC. The number of ether oxygens (including phenoxy) is 1. The number of nitrogens with zero attached hydrogens (tertiary/aromatic N) is 1. The van der Waals surface area contributed by atoms with Gasteiger partial charge in [0.2, 0.25) is 0 Å². The molecule has 4 nitrogen and oxygen atoms in total. The highest BCUT2D eigenvalue weighted by Gasteiger charge is 2.44. The number of allylic oxidation sites excluding steroid dienone is 3. The smallest absolute Gasteiger partial charge is 0.0871 e. The van der Waals surface area contributed by atoms with Crippen molar-refractivity contribution < 1.29 is 9.84 Å². The molecule has 0 saturated carbocycles. The molecular formula is C29H38N2O2. The highest BCUT2D eigenvalue weighted by Crippen LogP contribution is 2.52. The lowest BCUT2D eigenvalue weighted by Crippen LogP contribution is -2.44. The number of pyridine rings is 1. The number of aliphatic hydroxyl groups excluding tert-OH is 1. The second-order valence-electron chi connectivity index (χ2n) is 10.3. The van der Waals surface area contributed by atoms with Crippen LogP contribution >= 0.6 is 0 Å². The van der Waals surface area contributed by atoms with E-state index in [9.17, 15) is 5.11 Å². The summed E-state index contributed by atoms with van der Waals surface area (Å²) >= 11 is 0. The molecule has 3 unspecified atom stereocenters. The van der Waals surface area contributed by atoms with Gasteiger partial charge in [-0.15, -0.1) is 0 Å². The van der Waals surface area contributed by atoms with Crippen molar-refractivity contribution in [3.05, 3.63) is 70.6 Å². The number of methoxy groups -OCH3 is 1. The Balaban J connectivity index is 2.08. The number of benzene rings is 1. The van der Waals surface area contributed by atoms with Crippen LogP contribution in [0.25, 0.3) is 16.6 Å². The molecule has 4 rings (SSSR count). The maximum atomic E-state index is 10.1. The van der Waals surface area contributed by atoms with Gasteiger partial charge in [0.15, 0.2) is 0 Å². The fourth-order valence-corrected chi connectivity index (χ4v) is 5.75. The van der Waals surface area contributed by atoms with Crippen LogP contribution in [0.5, 0.6) is 0 Å². The van der Waals surface area contributed by atoms with Gasteiger partial charge in [0, 0.05) is 54.2 Å². The minimum absolute atomic E-state index is 0.0164. The number of hydrogen-bond donors (Lipinski definition) is 2. The van der Waals surface area contributed by atoms with E-state index in [2.05, 4.69) is 76.9 Å². The Labute approximate surface area is 198 Å². The highest BCUT2D eigenvalue weighted by atomic mass is 16.5. The first kappa shape index (κ1) is 23.6. The molecule has 1 aromatic carbocycles. The van der Waals surface area contributed by atoms with Gasteiger partial charge in [-0.2, -0.15) is 0 Å². The quantitative estimate of drug-likeness (QED) is 0.460. The van der Waals surface area contributed by atoms with Crippen LogP contribution in [0.3, 0.4) is 0 Å². The lowest BCUT2D eigenvalue weighted by molar-refractivity contribution is 0.179. The molecule has 2 heterocycles. The van der Waals surface area contributed by atoms with Crippen molar-refractivity contribution in [2.45, 2.75) is 71.3 Å². The topological polar surface area (TPSA) is 54.4 Å². The number of hydrogen-bond acceptors (Lipinski definition) is 4. The molecule has 0 saturated heterocycles. The summed E-state index contributed by atoms with van der Waals surface area (Å²) < 4.78 is 5.47. The van der Waals surface area contributed by atoms with Crippen molar-refractivity contribution in [2.75, 3.05) is 13.7 Å². The van der Waals surface area contributed by atoms with E-state index in [1.54, 1.807) is 7.11 Å². The zero-order valence-corrected chi connectivity index (χ0v) is 21.0. The van der Waals surface area contributed by atoms with Gasteiger partial charge in [-0.3, -0.25) is 4.98 Å². The van der Waals surface area contributed by atoms with Crippen molar-refractivity contribution in [1.82, 2.24) is 10.3 Å². The van der Waals surface area contributed by atoms with Gasteiger partial charge in [-0.25, -0.2) is 0 Å². The first-order valence-corrected chi connectivity index (χ1v) is 12.2. The molecule has 33 heavy (non-hydrogen) atoms. The van der Waals surface area contributed by atoms with E-state index in [1.807, 2.05) is 0 Å². The van der Waals surface area contributed by atoms with Gasteiger partial charge >= 0.3 is 0 Å². The van der Waals surface area contributed by atoms with Crippen LogP contribution < -0.4 is 5.32 Å². The van der Waals surface area contributed by atoms with E-state index >= 15 is 0 Å². The molecule has 3 atom stereocenters. The Morgan fingerprint density at radius 1 is 1.33 bits per heavy atom. The summed E-state index contributed by atoms with van der Waals surface area (Å²) in [5.74, 6) is 0.818. The molecule has 0 bridgehead atoms. The molecule has 0 radical (unpaired) electrons. The molecule has 0 fully saturated rings. The van der Waals surface area contributed by atoms with Crippen LogP contribution in [0.15, 0.2) is 53.8 Å². The van der Waals surface area contributed by atoms with Crippen molar-refractivity contribution in [1.29, 1.82) is 0 Å². The lowest BCUT2D eigenvalue weighted by Gasteiger charge is -2.45. The molecule has 2 N–H and O–H groups in total. The summed E-state index contributed by atoms with van der Waals surface area (Å²) in [6, 6.07) is 8.54. The molecule has 2 aliphatic rings. The van der Waals surface area contributed by atoms with E-state index in [0.29, 0.717) is 18.9 Å². The summed E-state index contributed by atoms with van der Waals surface area (Å²) in [5, 5.41) is 15.2. The van der Waals surface area contributed by atoms with Gasteiger partial charge in [0.05, 0.1) is 17.0 Å². The molecular weight excluding hydrogens is 408 g/mol. The third-order valence-electron chi connectivity index (χ3n) is 7.60. The van der Waals surface area contributed by atoms with Crippen LogP contribution in [-0.2, 0) is 10.2 Å². The van der Waals surface area contributed by atoms with Crippen LogP contribution in [0.4, 0.5) is 0 Å². The standard InChI is InChI=1S/C29H38N2O2/c1-8-17(2)15-22-19(4)27-25-26(29(22,5)6)20-11-9-10-12-23(20)30-28(25)21(13-14-33-7)24(31-27)16-18(3)32/h9-12,15,17,21,24,31-32H,3,8,13-14,16H2,1-2,4-7H3/b22-15+. The predicted molar refractivity (Wildman–Crippen MR) is 137 cm³/mol. The first-order valence-electron chi connectivity index (χ1n) is 12.2.